The Morgan fingerprint density at radius 2 is 1.76 bits per heavy atom. The van der Waals surface area contributed by atoms with Crippen LogP contribution in [0.1, 0.15) is 24.8 Å². The number of cyclic esters (lactones) is 1. The number of benzene rings is 2. The number of rotatable bonds is 4. The molecule has 1 heterocycles. The number of esters is 1. The van der Waals surface area contributed by atoms with Gasteiger partial charge in [-0.25, -0.2) is 4.79 Å². The second-order valence-corrected chi connectivity index (χ2v) is 7.86. The third-order valence-corrected chi connectivity index (χ3v) is 6.32. The van der Waals surface area contributed by atoms with Gasteiger partial charge in [0.2, 0.25) is 0 Å². The van der Waals surface area contributed by atoms with E-state index < -0.39 is 11.6 Å². The summed E-state index contributed by atoms with van der Waals surface area (Å²) in [6.45, 7) is 0. The monoisotopic (exact) mass is 372 g/mol. The van der Waals surface area contributed by atoms with Crippen LogP contribution < -0.4 is 0 Å². The summed E-state index contributed by atoms with van der Waals surface area (Å²) in [5.74, 6) is -0.144. The van der Waals surface area contributed by atoms with Crippen molar-refractivity contribution >= 4 is 29.3 Å². The summed E-state index contributed by atoms with van der Waals surface area (Å²) >= 11 is 7.33. The standard InChI is InChI=1S/C20H17ClO3S/c21-15-8-4-5-9-17(15)25-18-16(22)12-20(14-10-11-14,24-19(18)23)13-6-2-1-3-7-13/h1-9,14,22H,10-12H2. The smallest absolute Gasteiger partial charge is 0.349 e. The fourth-order valence-electron chi connectivity index (χ4n) is 3.33. The molecule has 0 spiro atoms. The van der Waals surface area contributed by atoms with E-state index in [4.69, 9.17) is 16.3 Å². The molecule has 0 aromatic heterocycles. The van der Waals surface area contributed by atoms with E-state index in [0.29, 0.717) is 11.4 Å². The number of carbonyl (C=O) groups is 1. The number of hydrogen-bond acceptors (Lipinski definition) is 4. The van der Waals surface area contributed by atoms with Gasteiger partial charge in [-0.05, 0) is 30.5 Å². The van der Waals surface area contributed by atoms with Crippen molar-refractivity contribution in [1.82, 2.24) is 0 Å². The van der Waals surface area contributed by atoms with Crippen molar-refractivity contribution < 1.29 is 14.6 Å². The van der Waals surface area contributed by atoms with Crippen molar-refractivity contribution in [3.63, 3.8) is 0 Å². The summed E-state index contributed by atoms with van der Waals surface area (Å²) in [6, 6.07) is 17.0. The highest BCUT2D eigenvalue weighted by atomic mass is 35.5. The van der Waals surface area contributed by atoms with Crippen molar-refractivity contribution in [1.29, 1.82) is 0 Å². The molecule has 5 heteroatoms. The third-order valence-electron chi connectivity index (χ3n) is 4.70. The van der Waals surface area contributed by atoms with Crippen LogP contribution in [0.25, 0.3) is 0 Å². The van der Waals surface area contributed by atoms with Crippen molar-refractivity contribution in [3.05, 3.63) is 75.8 Å². The number of ether oxygens (including phenoxy) is 1. The Hall–Kier alpha value is -1.91. The molecule has 0 radical (unpaired) electrons. The summed E-state index contributed by atoms with van der Waals surface area (Å²) in [7, 11) is 0. The Morgan fingerprint density at radius 1 is 1.08 bits per heavy atom. The quantitative estimate of drug-likeness (QED) is 0.724. The fourth-order valence-corrected chi connectivity index (χ4v) is 4.43. The van der Waals surface area contributed by atoms with Gasteiger partial charge in [0.25, 0.3) is 0 Å². The highest BCUT2D eigenvalue weighted by Gasteiger charge is 2.53. The maximum Gasteiger partial charge on any atom is 0.349 e. The number of carbonyl (C=O) groups excluding carboxylic acids is 1. The van der Waals surface area contributed by atoms with Gasteiger partial charge < -0.3 is 9.84 Å². The van der Waals surface area contributed by atoms with E-state index in [1.165, 1.54) is 0 Å². The first kappa shape index (κ1) is 16.6. The number of thioether (sulfide) groups is 1. The molecule has 1 saturated carbocycles. The number of aliphatic hydroxyl groups excluding tert-OH is 1. The summed E-state index contributed by atoms with van der Waals surface area (Å²) in [5, 5.41) is 11.2. The third kappa shape index (κ3) is 3.05. The molecule has 0 bridgehead atoms. The molecule has 2 aromatic carbocycles. The Labute approximate surface area is 155 Å². The van der Waals surface area contributed by atoms with Gasteiger partial charge in [0.05, 0.1) is 11.4 Å². The highest BCUT2D eigenvalue weighted by Crippen LogP contribution is 2.54. The van der Waals surface area contributed by atoms with Gasteiger partial charge in [0.1, 0.15) is 16.3 Å². The van der Waals surface area contributed by atoms with Crippen LogP contribution in [-0.2, 0) is 15.1 Å². The predicted octanol–water partition coefficient (Wildman–Crippen LogP) is 5.45. The van der Waals surface area contributed by atoms with Crippen LogP contribution in [-0.4, -0.2) is 11.1 Å². The topological polar surface area (TPSA) is 46.5 Å². The van der Waals surface area contributed by atoms with Gasteiger partial charge in [0, 0.05) is 10.8 Å². The molecular weight excluding hydrogens is 356 g/mol. The molecule has 1 unspecified atom stereocenters. The van der Waals surface area contributed by atoms with Gasteiger partial charge in [0.15, 0.2) is 0 Å². The van der Waals surface area contributed by atoms with Crippen LogP contribution >= 0.6 is 23.4 Å². The van der Waals surface area contributed by atoms with E-state index in [2.05, 4.69) is 0 Å². The molecule has 2 aliphatic rings. The Bertz CT molecular complexity index is 845. The zero-order valence-corrected chi connectivity index (χ0v) is 15.0. The first-order valence-corrected chi connectivity index (χ1v) is 9.43. The van der Waals surface area contributed by atoms with Crippen LogP contribution in [0.2, 0.25) is 5.02 Å². The molecule has 1 aliphatic heterocycles. The molecule has 4 rings (SSSR count). The van der Waals surface area contributed by atoms with E-state index in [1.54, 1.807) is 6.07 Å². The maximum absolute atomic E-state index is 12.7. The molecule has 1 fully saturated rings. The summed E-state index contributed by atoms with van der Waals surface area (Å²) in [5.41, 5.74) is 0.187. The molecule has 128 valence electrons. The first-order chi connectivity index (χ1) is 12.1. The van der Waals surface area contributed by atoms with Crippen LogP contribution in [0.15, 0.2) is 70.2 Å². The van der Waals surface area contributed by atoms with E-state index in [9.17, 15) is 9.90 Å². The van der Waals surface area contributed by atoms with E-state index in [1.807, 2.05) is 48.5 Å². The minimum atomic E-state index is -0.757. The molecule has 2 aromatic rings. The van der Waals surface area contributed by atoms with Crippen LogP contribution in [0.4, 0.5) is 0 Å². The molecular formula is C20H17ClO3S. The zero-order chi connectivity index (χ0) is 17.4. The lowest BCUT2D eigenvalue weighted by molar-refractivity contribution is -0.162. The number of halogens is 1. The fraction of sp³-hybridized carbons (Fsp3) is 0.250. The van der Waals surface area contributed by atoms with Gasteiger partial charge in [-0.15, -0.1) is 0 Å². The van der Waals surface area contributed by atoms with Crippen LogP contribution in [0, 0.1) is 5.92 Å². The zero-order valence-electron chi connectivity index (χ0n) is 13.4. The molecule has 1 N–H and O–H groups in total. The normalized spacial score (nSPS) is 23.5. The average Bonchev–Trinajstić information content (AvgIpc) is 3.46. The Balaban J connectivity index is 1.70. The van der Waals surface area contributed by atoms with Gasteiger partial charge in [-0.3, -0.25) is 0 Å². The first-order valence-electron chi connectivity index (χ1n) is 8.23. The van der Waals surface area contributed by atoms with Crippen molar-refractivity contribution in [2.24, 2.45) is 5.92 Å². The minimum absolute atomic E-state index is 0.0805. The summed E-state index contributed by atoms with van der Waals surface area (Å²) in [6.07, 6.45) is 2.31. The van der Waals surface area contributed by atoms with Crippen molar-refractivity contribution in [2.75, 3.05) is 0 Å². The lowest BCUT2D eigenvalue weighted by Gasteiger charge is -2.37. The molecule has 1 aliphatic carbocycles. The lowest BCUT2D eigenvalue weighted by atomic mass is 9.83. The van der Waals surface area contributed by atoms with Gasteiger partial charge in [-0.1, -0.05) is 65.8 Å². The average molecular weight is 373 g/mol. The molecule has 0 amide bonds. The van der Waals surface area contributed by atoms with E-state index in [-0.39, 0.29) is 16.6 Å². The molecule has 3 nitrogen and oxygen atoms in total. The largest absolute Gasteiger partial charge is 0.511 e. The molecule has 25 heavy (non-hydrogen) atoms. The van der Waals surface area contributed by atoms with Crippen molar-refractivity contribution in [2.45, 2.75) is 29.8 Å². The van der Waals surface area contributed by atoms with Crippen molar-refractivity contribution in [3.8, 4) is 0 Å². The SMILES string of the molecule is O=C1OC(c2ccccc2)(C2CC2)CC(O)=C1Sc1ccccc1Cl. The van der Waals surface area contributed by atoms with Gasteiger partial charge >= 0.3 is 5.97 Å². The number of aliphatic hydroxyl groups is 1. The second kappa shape index (κ2) is 6.43. The Kier molecular flexibility index (Phi) is 4.26. The maximum atomic E-state index is 12.7. The summed E-state index contributed by atoms with van der Waals surface area (Å²) in [4.78, 5) is 13.7. The molecule has 1 atom stereocenters. The number of hydrogen-bond donors (Lipinski definition) is 1. The second-order valence-electron chi connectivity index (χ2n) is 6.40. The van der Waals surface area contributed by atoms with E-state index >= 15 is 0 Å². The Morgan fingerprint density at radius 3 is 2.40 bits per heavy atom. The minimum Gasteiger partial charge on any atom is -0.511 e. The van der Waals surface area contributed by atoms with Gasteiger partial charge in [-0.2, -0.15) is 0 Å². The lowest BCUT2D eigenvalue weighted by Crippen LogP contribution is -2.39. The van der Waals surface area contributed by atoms with E-state index in [0.717, 1.165) is 35.1 Å². The van der Waals surface area contributed by atoms with Crippen LogP contribution in [0.5, 0.6) is 0 Å². The van der Waals surface area contributed by atoms with Crippen LogP contribution in [0.3, 0.4) is 0 Å². The summed E-state index contributed by atoms with van der Waals surface area (Å²) < 4.78 is 5.96. The predicted molar refractivity (Wildman–Crippen MR) is 98.5 cm³/mol. The molecule has 0 saturated heterocycles. The highest BCUT2D eigenvalue weighted by molar-refractivity contribution is 8.04.